The van der Waals surface area contributed by atoms with Crippen LogP contribution in [0.25, 0.3) is 0 Å². The van der Waals surface area contributed by atoms with E-state index in [0.29, 0.717) is 17.3 Å². The van der Waals surface area contributed by atoms with E-state index < -0.39 is 0 Å². The first kappa shape index (κ1) is 14.4. The lowest BCUT2D eigenvalue weighted by atomic mass is 10.2. The summed E-state index contributed by atoms with van der Waals surface area (Å²) in [4.78, 5) is 0. The number of halogens is 3. The van der Waals surface area contributed by atoms with E-state index >= 15 is 0 Å². The molecule has 0 aliphatic carbocycles. The smallest absolute Gasteiger partial charge is 0.137 e. The number of nitrogens with one attached hydrogen (secondary N) is 1. The summed E-state index contributed by atoms with van der Waals surface area (Å²) in [7, 11) is 1.58. The zero-order valence-electron chi connectivity index (χ0n) is 10.2. The molecular formula is C14H12ClFINO. The Balaban J connectivity index is 2.08. The minimum atomic E-state index is -0.234. The zero-order valence-corrected chi connectivity index (χ0v) is 13.1. The number of anilines is 1. The van der Waals surface area contributed by atoms with Gasteiger partial charge in [-0.15, -0.1) is 0 Å². The van der Waals surface area contributed by atoms with Crippen LogP contribution in [0.1, 0.15) is 5.56 Å². The van der Waals surface area contributed by atoms with Crippen LogP contribution >= 0.6 is 34.2 Å². The van der Waals surface area contributed by atoms with E-state index in [1.54, 1.807) is 13.2 Å². The lowest BCUT2D eigenvalue weighted by Crippen LogP contribution is -2.01. The van der Waals surface area contributed by atoms with Crippen molar-refractivity contribution in [1.82, 2.24) is 0 Å². The molecule has 0 saturated heterocycles. The van der Waals surface area contributed by atoms with Gasteiger partial charge in [0.15, 0.2) is 0 Å². The Bertz CT molecular complexity index is 592. The Kier molecular flexibility index (Phi) is 4.87. The molecule has 0 bridgehead atoms. The number of methoxy groups -OCH3 is 1. The molecule has 2 aromatic rings. The Hall–Kier alpha value is -1.01. The number of ether oxygens (including phenoxy) is 1. The van der Waals surface area contributed by atoms with Crippen LogP contribution in [0.4, 0.5) is 10.1 Å². The van der Waals surface area contributed by atoms with Crippen LogP contribution in [0.15, 0.2) is 36.4 Å². The molecule has 100 valence electrons. The quantitative estimate of drug-likeness (QED) is 0.763. The van der Waals surface area contributed by atoms with Gasteiger partial charge in [-0.3, -0.25) is 0 Å². The maximum Gasteiger partial charge on any atom is 0.137 e. The van der Waals surface area contributed by atoms with Crippen LogP contribution in [0.5, 0.6) is 5.75 Å². The third-order valence-electron chi connectivity index (χ3n) is 2.63. The highest BCUT2D eigenvalue weighted by Gasteiger charge is 2.04. The second-order valence-corrected chi connectivity index (χ2v) is 5.52. The topological polar surface area (TPSA) is 21.3 Å². The van der Waals surface area contributed by atoms with Crippen molar-refractivity contribution in [3.05, 3.63) is 56.4 Å². The van der Waals surface area contributed by atoms with Gasteiger partial charge in [0, 0.05) is 15.8 Å². The van der Waals surface area contributed by atoms with E-state index in [4.69, 9.17) is 16.3 Å². The summed E-state index contributed by atoms with van der Waals surface area (Å²) in [5.41, 5.74) is 1.93. The summed E-state index contributed by atoms with van der Waals surface area (Å²) < 4.78 is 18.9. The van der Waals surface area contributed by atoms with Gasteiger partial charge in [0.05, 0.1) is 12.1 Å². The Morgan fingerprint density at radius 2 is 2.05 bits per heavy atom. The lowest BCUT2D eigenvalue weighted by molar-refractivity contribution is 0.415. The van der Waals surface area contributed by atoms with Gasteiger partial charge in [0.25, 0.3) is 0 Å². The third-order valence-corrected chi connectivity index (χ3v) is 3.82. The van der Waals surface area contributed by atoms with Gasteiger partial charge in [0.2, 0.25) is 0 Å². The molecule has 0 aromatic heterocycles. The normalized spacial score (nSPS) is 10.3. The van der Waals surface area contributed by atoms with Crippen molar-refractivity contribution in [1.29, 1.82) is 0 Å². The molecule has 0 fully saturated rings. The predicted molar refractivity (Wildman–Crippen MR) is 84.4 cm³/mol. The predicted octanol–water partition coefficient (Wildman–Crippen LogP) is 4.70. The minimum absolute atomic E-state index is 0.234. The van der Waals surface area contributed by atoms with E-state index in [9.17, 15) is 4.39 Å². The summed E-state index contributed by atoms with van der Waals surface area (Å²) in [6.07, 6.45) is 0. The van der Waals surface area contributed by atoms with E-state index in [2.05, 4.69) is 27.9 Å². The molecule has 0 heterocycles. The van der Waals surface area contributed by atoms with Crippen LogP contribution in [-0.2, 0) is 6.54 Å². The van der Waals surface area contributed by atoms with Crippen molar-refractivity contribution >= 4 is 39.9 Å². The van der Waals surface area contributed by atoms with E-state index in [-0.39, 0.29) is 5.82 Å². The van der Waals surface area contributed by atoms with Gasteiger partial charge >= 0.3 is 0 Å². The molecule has 0 unspecified atom stereocenters. The molecule has 0 aliphatic heterocycles. The highest BCUT2D eigenvalue weighted by molar-refractivity contribution is 14.1. The van der Waals surface area contributed by atoms with Crippen LogP contribution in [0, 0.1) is 9.39 Å². The average molecular weight is 392 g/mol. The van der Waals surface area contributed by atoms with Crippen molar-refractivity contribution in [2.45, 2.75) is 6.54 Å². The Morgan fingerprint density at radius 3 is 2.68 bits per heavy atom. The molecule has 5 heteroatoms. The lowest BCUT2D eigenvalue weighted by Gasteiger charge is -2.10. The highest BCUT2D eigenvalue weighted by Crippen LogP contribution is 2.26. The minimum Gasteiger partial charge on any atom is -0.495 e. The highest BCUT2D eigenvalue weighted by atomic mass is 127. The number of hydrogen-bond acceptors (Lipinski definition) is 2. The van der Waals surface area contributed by atoms with Gasteiger partial charge in [-0.05, 0) is 58.5 Å². The molecular weight excluding hydrogens is 380 g/mol. The molecule has 0 atom stereocenters. The standard InChI is InChI=1S/C14H12ClFINO/c1-19-14-5-2-9(6-11(14)15)8-18-13-4-3-10(16)7-12(13)17/h2-7,18H,8H2,1H3. The largest absolute Gasteiger partial charge is 0.495 e. The zero-order chi connectivity index (χ0) is 13.8. The summed E-state index contributed by atoms with van der Waals surface area (Å²) in [5.74, 6) is 0.421. The van der Waals surface area contributed by atoms with Crippen molar-refractivity contribution in [3.8, 4) is 5.75 Å². The monoisotopic (exact) mass is 391 g/mol. The molecule has 2 nitrogen and oxygen atoms in total. The van der Waals surface area contributed by atoms with Crippen LogP contribution < -0.4 is 10.1 Å². The fourth-order valence-corrected chi connectivity index (χ4v) is 2.60. The van der Waals surface area contributed by atoms with Gasteiger partial charge < -0.3 is 10.1 Å². The Morgan fingerprint density at radius 1 is 1.26 bits per heavy atom. The second-order valence-electron chi connectivity index (χ2n) is 3.95. The number of hydrogen-bond donors (Lipinski definition) is 1. The number of rotatable bonds is 4. The fourth-order valence-electron chi connectivity index (χ4n) is 1.65. The van der Waals surface area contributed by atoms with Crippen LogP contribution in [0.2, 0.25) is 5.02 Å². The van der Waals surface area contributed by atoms with Gasteiger partial charge in [0.1, 0.15) is 11.6 Å². The van der Waals surface area contributed by atoms with Crippen molar-refractivity contribution in [2.24, 2.45) is 0 Å². The van der Waals surface area contributed by atoms with E-state index in [0.717, 1.165) is 14.8 Å². The SMILES string of the molecule is COc1ccc(CNc2ccc(F)cc2I)cc1Cl. The summed E-state index contributed by atoms with van der Waals surface area (Å²) in [6.45, 7) is 0.616. The molecule has 2 aromatic carbocycles. The van der Waals surface area contributed by atoms with Crippen LogP contribution in [-0.4, -0.2) is 7.11 Å². The van der Waals surface area contributed by atoms with Gasteiger partial charge in [-0.2, -0.15) is 0 Å². The van der Waals surface area contributed by atoms with Crippen molar-refractivity contribution in [3.63, 3.8) is 0 Å². The number of benzene rings is 2. The van der Waals surface area contributed by atoms with Crippen molar-refractivity contribution in [2.75, 3.05) is 12.4 Å². The van der Waals surface area contributed by atoms with Crippen molar-refractivity contribution < 1.29 is 9.13 Å². The summed E-state index contributed by atoms with van der Waals surface area (Å²) in [6, 6.07) is 10.3. The third kappa shape index (κ3) is 3.73. The first-order valence-corrected chi connectivity index (χ1v) is 7.07. The van der Waals surface area contributed by atoms with Gasteiger partial charge in [-0.1, -0.05) is 17.7 Å². The average Bonchev–Trinajstić information content (AvgIpc) is 2.38. The second kappa shape index (κ2) is 6.43. The molecule has 0 spiro atoms. The summed E-state index contributed by atoms with van der Waals surface area (Å²) in [5, 5.41) is 3.83. The van der Waals surface area contributed by atoms with E-state index in [1.807, 2.05) is 18.2 Å². The molecule has 0 radical (unpaired) electrons. The van der Waals surface area contributed by atoms with Crippen LogP contribution in [0.3, 0.4) is 0 Å². The molecule has 1 N–H and O–H groups in total. The molecule has 0 aliphatic rings. The first-order valence-electron chi connectivity index (χ1n) is 5.61. The van der Waals surface area contributed by atoms with Gasteiger partial charge in [-0.25, -0.2) is 4.39 Å². The summed E-state index contributed by atoms with van der Waals surface area (Å²) >= 11 is 8.16. The molecule has 2 rings (SSSR count). The Labute approximate surface area is 130 Å². The molecule has 19 heavy (non-hydrogen) atoms. The first-order chi connectivity index (χ1) is 9.10. The molecule has 0 amide bonds. The molecule has 0 saturated carbocycles. The van der Waals surface area contributed by atoms with E-state index in [1.165, 1.54) is 12.1 Å². The maximum absolute atomic E-state index is 13.0. The maximum atomic E-state index is 13.0. The fraction of sp³-hybridized carbons (Fsp3) is 0.143.